The van der Waals surface area contributed by atoms with Gasteiger partial charge in [-0.05, 0) is 56.2 Å². The van der Waals surface area contributed by atoms with E-state index in [1.807, 2.05) is 12.1 Å². The average Bonchev–Trinajstić information content (AvgIpc) is 2.41. The van der Waals surface area contributed by atoms with E-state index in [-0.39, 0.29) is 5.82 Å². The summed E-state index contributed by atoms with van der Waals surface area (Å²) in [5.41, 5.74) is 0.819. The van der Waals surface area contributed by atoms with Crippen molar-refractivity contribution in [2.75, 3.05) is 6.54 Å². The van der Waals surface area contributed by atoms with Crippen LogP contribution in [-0.4, -0.2) is 12.6 Å². The number of hydrogen-bond acceptors (Lipinski definition) is 1. The van der Waals surface area contributed by atoms with E-state index in [4.69, 9.17) is 0 Å². The standard InChI is InChI=1S/C17H26FN/c1-13-7-9-15(10-8-13)12-19-14(2)11-16-5-3-4-6-17(16)18/h3-6,13-15,19H,7-12H2,1-2H3. The molecule has 19 heavy (non-hydrogen) atoms. The van der Waals surface area contributed by atoms with Crippen LogP contribution in [0.25, 0.3) is 0 Å². The molecular weight excluding hydrogens is 237 g/mol. The fourth-order valence-corrected chi connectivity index (χ4v) is 2.97. The van der Waals surface area contributed by atoms with Gasteiger partial charge in [-0.25, -0.2) is 4.39 Å². The second kappa shape index (κ2) is 7.04. The molecule has 1 fully saturated rings. The SMILES string of the molecule is CC1CCC(CNC(C)Cc2ccccc2F)CC1. The molecular formula is C17H26FN. The zero-order valence-electron chi connectivity index (χ0n) is 12.2. The molecule has 1 unspecified atom stereocenters. The smallest absolute Gasteiger partial charge is 0.126 e. The number of nitrogens with one attached hydrogen (secondary N) is 1. The van der Waals surface area contributed by atoms with Crippen LogP contribution < -0.4 is 5.32 Å². The molecule has 1 aromatic rings. The lowest BCUT2D eigenvalue weighted by molar-refractivity contribution is 0.275. The van der Waals surface area contributed by atoms with Crippen LogP contribution in [0.1, 0.15) is 45.1 Å². The van der Waals surface area contributed by atoms with E-state index >= 15 is 0 Å². The molecule has 2 rings (SSSR count). The van der Waals surface area contributed by atoms with E-state index in [1.54, 1.807) is 12.1 Å². The highest BCUT2D eigenvalue weighted by Crippen LogP contribution is 2.27. The Morgan fingerprint density at radius 3 is 2.58 bits per heavy atom. The van der Waals surface area contributed by atoms with E-state index in [0.717, 1.165) is 30.4 Å². The van der Waals surface area contributed by atoms with Gasteiger partial charge in [-0.2, -0.15) is 0 Å². The molecule has 1 nitrogen and oxygen atoms in total. The summed E-state index contributed by atoms with van der Waals surface area (Å²) in [6.07, 6.45) is 6.21. The van der Waals surface area contributed by atoms with E-state index in [1.165, 1.54) is 25.7 Å². The Kier molecular flexibility index (Phi) is 5.38. The van der Waals surface area contributed by atoms with Gasteiger partial charge in [-0.3, -0.25) is 0 Å². The van der Waals surface area contributed by atoms with Crippen molar-refractivity contribution in [1.82, 2.24) is 5.32 Å². The Labute approximate surface area is 116 Å². The number of rotatable bonds is 5. The van der Waals surface area contributed by atoms with Crippen molar-refractivity contribution in [3.63, 3.8) is 0 Å². The lowest BCUT2D eigenvalue weighted by Crippen LogP contribution is -2.34. The molecule has 1 aromatic carbocycles. The first-order chi connectivity index (χ1) is 9.15. The zero-order valence-corrected chi connectivity index (χ0v) is 12.2. The molecule has 0 bridgehead atoms. The van der Waals surface area contributed by atoms with Gasteiger partial charge in [0, 0.05) is 6.04 Å². The van der Waals surface area contributed by atoms with E-state index < -0.39 is 0 Å². The largest absolute Gasteiger partial charge is 0.314 e. The third-order valence-corrected chi connectivity index (χ3v) is 4.37. The van der Waals surface area contributed by atoms with Gasteiger partial charge in [-0.15, -0.1) is 0 Å². The Balaban J connectivity index is 1.73. The van der Waals surface area contributed by atoms with Crippen LogP contribution >= 0.6 is 0 Å². The zero-order chi connectivity index (χ0) is 13.7. The lowest BCUT2D eigenvalue weighted by atomic mass is 9.83. The quantitative estimate of drug-likeness (QED) is 0.840. The van der Waals surface area contributed by atoms with Crippen LogP contribution in [0.15, 0.2) is 24.3 Å². The molecule has 2 heteroatoms. The van der Waals surface area contributed by atoms with E-state index in [0.29, 0.717) is 6.04 Å². The van der Waals surface area contributed by atoms with Crippen LogP contribution in [0.5, 0.6) is 0 Å². The first-order valence-corrected chi connectivity index (χ1v) is 7.62. The maximum absolute atomic E-state index is 13.6. The van der Waals surface area contributed by atoms with Crippen LogP contribution in [0.2, 0.25) is 0 Å². The molecule has 1 aliphatic rings. The maximum Gasteiger partial charge on any atom is 0.126 e. The highest BCUT2D eigenvalue weighted by Gasteiger charge is 2.18. The summed E-state index contributed by atoms with van der Waals surface area (Å²) < 4.78 is 13.6. The molecule has 1 atom stereocenters. The van der Waals surface area contributed by atoms with Gasteiger partial charge in [0.15, 0.2) is 0 Å². The third kappa shape index (κ3) is 4.61. The molecule has 0 aliphatic heterocycles. The monoisotopic (exact) mass is 263 g/mol. The highest BCUT2D eigenvalue weighted by atomic mass is 19.1. The second-order valence-electron chi connectivity index (χ2n) is 6.23. The third-order valence-electron chi connectivity index (χ3n) is 4.37. The molecule has 0 saturated heterocycles. The summed E-state index contributed by atoms with van der Waals surface area (Å²) in [5, 5.41) is 3.58. The fraction of sp³-hybridized carbons (Fsp3) is 0.647. The minimum absolute atomic E-state index is 0.0809. The van der Waals surface area contributed by atoms with Crippen LogP contribution in [0, 0.1) is 17.7 Å². The summed E-state index contributed by atoms with van der Waals surface area (Å²) in [5.74, 6) is 1.65. The van der Waals surface area contributed by atoms with Gasteiger partial charge in [0.2, 0.25) is 0 Å². The van der Waals surface area contributed by atoms with Crippen LogP contribution in [-0.2, 0) is 6.42 Å². The Hall–Kier alpha value is -0.890. The van der Waals surface area contributed by atoms with Crippen molar-refractivity contribution >= 4 is 0 Å². The van der Waals surface area contributed by atoms with Crippen molar-refractivity contribution in [3.8, 4) is 0 Å². The van der Waals surface area contributed by atoms with Crippen LogP contribution in [0.4, 0.5) is 4.39 Å². The van der Waals surface area contributed by atoms with Gasteiger partial charge in [-0.1, -0.05) is 38.0 Å². The van der Waals surface area contributed by atoms with Gasteiger partial charge in [0.25, 0.3) is 0 Å². The number of halogens is 1. The molecule has 1 saturated carbocycles. The average molecular weight is 263 g/mol. The van der Waals surface area contributed by atoms with Gasteiger partial charge >= 0.3 is 0 Å². The van der Waals surface area contributed by atoms with Gasteiger partial charge in [0.1, 0.15) is 5.82 Å². The van der Waals surface area contributed by atoms with Crippen molar-refractivity contribution in [2.45, 2.75) is 52.0 Å². The topological polar surface area (TPSA) is 12.0 Å². The van der Waals surface area contributed by atoms with Gasteiger partial charge < -0.3 is 5.32 Å². The molecule has 0 radical (unpaired) electrons. The summed E-state index contributed by atoms with van der Waals surface area (Å²) >= 11 is 0. The molecule has 106 valence electrons. The van der Waals surface area contributed by atoms with Crippen molar-refractivity contribution in [1.29, 1.82) is 0 Å². The fourth-order valence-electron chi connectivity index (χ4n) is 2.97. The predicted molar refractivity (Wildman–Crippen MR) is 78.7 cm³/mol. The molecule has 1 N–H and O–H groups in total. The maximum atomic E-state index is 13.6. The normalized spacial score (nSPS) is 25.2. The molecule has 1 aliphatic carbocycles. The molecule has 0 spiro atoms. The van der Waals surface area contributed by atoms with Gasteiger partial charge in [0.05, 0.1) is 0 Å². The van der Waals surface area contributed by atoms with Crippen molar-refractivity contribution < 1.29 is 4.39 Å². The predicted octanol–water partition coefficient (Wildman–Crippen LogP) is 4.17. The summed E-state index contributed by atoms with van der Waals surface area (Å²) in [6, 6.07) is 7.44. The number of hydrogen-bond donors (Lipinski definition) is 1. The second-order valence-corrected chi connectivity index (χ2v) is 6.23. The van der Waals surface area contributed by atoms with E-state index in [9.17, 15) is 4.39 Å². The summed E-state index contributed by atoms with van der Waals surface area (Å²) in [7, 11) is 0. The minimum Gasteiger partial charge on any atom is -0.314 e. The molecule has 0 aromatic heterocycles. The Bertz CT molecular complexity index is 383. The molecule has 0 heterocycles. The van der Waals surface area contributed by atoms with Crippen molar-refractivity contribution in [2.24, 2.45) is 11.8 Å². The Morgan fingerprint density at radius 1 is 1.21 bits per heavy atom. The minimum atomic E-state index is -0.0809. The van der Waals surface area contributed by atoms with E-state index in [2.05, 4.69) is 19.2 Å². The van der Waals surface area contributed by atoms with Crippen molar-refractivity contribution in [3.05, 3.63) is 35.6 Å². The first kappa shape index (κ1) is 14.5. The number of benzene rings is 1. The Morgan fingerprint density at radius 2 is 1.89 bits per heavy atom. The summed E-state index contributed by atoms with van der Waals surface area (Å²) in [4.78, 5) is 0. The van der Waals surface area contributed by atoms with Crippen LogP contribution in [0.3, 0.4) is 0 Å². The highest BCUT2D eigenvalue weighted by molar-refractivity contribution is 5.18. The first-order valence-electron chi connectivity index (χ1n) is 7.62. The lowest BCUT2D eigenvalue weighted by Gasteiger charge is -2.27. The summed E-state index contributed by atoms with van der Waals surface area (Å²) in [6.45, 7) is 5.59. The molecule has 0 amide bonds.